The van der Waals surface area contributed by atoms with Crippen LogP contribution >= 0.6 is 0 Å². The van der Waals surface area contributed by atoms with E-state index in [-0.39, 0.29) is 0 Å². The van der Waals surface area contributed by atoms with E-state index in [2.05, 4.69) is 13.0 Å². The maximum Gasteiger partial charge on any atom is 0.162 e. The molecule has 66 valence electrons. The van der Waals surface area contributed by atoms with E-state index in [4.69, 9.17) is 0 Å². The Kier molecular flexibility index (Phi) is 3.78. The first-order chi connectivity index (χ1) is 5.84. The third kappa shape index (κ3) is 2.65. The number of unbranched alkanes of at least 4 members (excludes halogenated alkanes) is 2. The summed E-state index contributed by atoms with van der Waals surface area (Å²) in [7, 11) is 0. The Morgan fingerprint density at radius 3 is 3.00 bits per heavy atom. The smallest absolute Gasteiger partial charge is 0.162 e. The minimum Gasteiger partial charge on any atom is -0.294 e. The number of hydrogen-bond acceptors (Lipinski definition) is 1. The highest BCUT2D eigenvalue weighted by Crippen LogP contribution is 2.15. The first-order valence-corrected chi connectivity index (χ1v) is 4.74. The van der Waals surface area contributed by atoms with E-state index in [1.807, 2.05) is 12.2 Å². The second-order valence-electron chi connectivity index (χ2n) is 3.17. The van der Waals surface area contributed by atoms with Gasteiger partial charge in [0, 0.05) is 12.0 Å². The minimum atomic E-state index is 0.308. The maximum absolute atomic E-state index is 11.1. The molecule has 0 amide bonds. The van der Waals surface area contributed by atoms with Crippen LogP contribution in [0.1, 0.15) is 39.0 Å². The second kappa shape index (κ2) is 4.91. The minimum absolute atomic E-state index is 0.308. The van der Waals surface area contributed by atoms with Crippen molar-refractivity contribution in [3.63, 3.8) is 0 Å². The highest BCUT2D eigenvalue weighted by molar-refractivity contribution is 6.00. The third-order valence-electron chi connectivity index (χ3n) is 2.08. The van der Waals surface area contributed by atoms with Gasteiger partial charge in [0.2, 0.25) is 0 Å². The monoisotopic (exact) mass is 164 g/mol. The second-order valence-corrected chi connectivity index (χ2v) is 3.17. The summed E-state index contributed by atoms with van der Waals surface area (Å²) in [6.45, 7) is 2.17. The molecule has 0 saturated carbocycles. The van der Waals surface area contributed by atoms with Crippen LogP contribution in [-0.2, 0) is 4.79 Å². The lowest BCUT2D eigenvalue weighted by Gasteiger charge is -1.90. The predicted molar refractivity (Wildman–Crippen MR) is 51.0 cm³/mol. The number of hydrogen-bond donors (Lipinski definition) is 0. The summed E-state index contributed by atoms with van der Waals surface area (Å²) in [6.07, 6.45) is 11.3. The van der Waals surface area contributed by atoms with Gasteiger partial charge in [-0.05, 0) is 12.8 Å². The van der Waals surface area contributed by atoms with Crippen LogP contribution in [0, 0.1) is 0 Å². The van der Waals surface area contributed by atoms with Gasteiger partial charge in [0.15, 0.2) is 5.78 Å². The normalized spacial score (nSPS) is 17.4. The molecule has 0 aromatic heterocycles. The molecule has 0 heterocycles. The average Bonchev–Trinajstić information content (AvgIpc) is 2.46. The number of Topliss-reactive ketones (excluding diaryl/α,β-unsaturated/α-hetero) is 1. The van der Waals surface area contributed by atoms with Gasteiger partial charge in [-0.2, -0.15) is 0 Å². The topological polar surface area (TPSA) is 17.1 Å². The lowest BCUT2D eigenvalue weighted by molar-refractivity contribution is -0.114. The highest BCUT2D eigenvalue weighted by Gasteiger charge is 2.10. The Balaban J connectivity index is 2.30. The van der Waals surface area contributed by atoms with Gasteiger partial charge in [-0.3, -0.25) is 4.79 Å². The van der Waals surface area contributed by atoms with Gasteiger partial charge in [-0.1, -0.05) is 38.0 Å². The van der Waals surface area contributed by atoms with Crippen molar-refractivity contribution in [2.75, 3.05) is 0 Å². The van der Waals surface area contributed by atoms with Crippen LogP contribution < -0.4 is 0 Å². The van der Waals surface area contributed by atoms with Crippen molar-refractivity contribution in [2.24, 2.45) is 0 Å². The number of allylic oxidation sites excluding steroid dienone is 4. The molecule has 0 aromatic rings. The average molecular weight is 164 g/mol. The van der Waals surface area contributed by atoms with Gasteiger partial charge in [-0.15, -0.1) is 0 Å². The van der Waals surface area contributed by atoms with Crippen molar-refractivity contribution >= 4 is 5.78 Å². The zero-order chi connectivity index (χ0) is 8.81. The summed E-state index contributed by atoms with van der Waals surface area (Å²) in [5, 5.41) is 0. The molecule has 0 saturated heterocycles. The predicted octanol–water partition coefficient (Wildman–Crippen LogP) is 3.02. The zero-order valence-electron chi connectivity index (χ0n) is 7.68. The van der Waals surface area contributed by atoms with Crippen LogP contribution in [0.2, 0.25) is 0 Å². The molecule has 0 radical (unpaired) electrons. The third-order valence-corrected chi connectivity index (χ3v) is 2.08. The molecular weight excluding hydrogens is 148 g/mol. The van der Waals surface area contributed by atoms with Crippen molar-refractivity contribution in [3.05, 3.63) is 23.8 Å². The summed E-state index contributed by atoms with van der Waals surface area (Å²) < 4.78 is 0. The molecule has 0 N–H and O–H groups in total. The van der Waals surface area contributed by atoms with E-state index in [0.717, 1.165) is 18.4 Å². The van der Waals surface area contributed by atoms with Crippen molar-refractivity contribution < 1.29 is 4.79 Å². The molecule has 0 atom stereocenters. The fraction of sp³-hybridized carbons (Fsp3) is 0.545. The van der Waals surface area contributed by atoms with Gasteiger partial charge >= 0.3 is 0 Å². The maximum atomic E-state index is 11.1. The standard InChI is InChI=1S/C11H16O/c1-2-3-4-5-7-10-8-6-9-11(10)12/h5,7-8H,2-4,6,9H2,1H3/b7-5+. The molecule has 0 aromatic carbocycles. The van der Waals surface area contributed by atoms with Gasteiger partial charge in [0.1, 0.15) is 0 Å². The quantitative estimate of drug-likeness (QED) is 0.584. The molecule has 1 rings (SSSR count). The van der Waals surface area contributed by atoms with Crippen molar-refractivity contribution in [1.82, 2.24) is 0 Å². The van der Waals surface area contributed by atoms with Crippen LogP contribution in [0.3, 0.4) is 0 Å². The molecule has 1 aliphatic carbocycles. The zero-order valence-corrected chi connectivity index (χ0v) is 7.68. The fourth-order valence-corrected chi connectivity index (χ4v) is 1.31. The van der Waals surface area contributed by atoms with Crippen molar-refractivity contribution in [2.45, 2.75) is 39.0 Å². The molecule has 0 unspecified atom stereocenters. The first-order valence-electron chi connectivity index (χ1n) is 4.74. The lowest BCUT2D eigenvalue weighted by atomic mass is 10.1. The summed E-state index contributed by atoms with van der Waals surface area (Å²) in [6, 6.07) is 0. The van der Waals surface area contributed by atoms with Crippen molar-refractivity contribution in [1.29, 1.82) is 0 Å². The Morgan fingerprint density at radius 1 is 1.58 bits per heavy atom. The van der Waals surface area contributed by atoms with Crippen LogP contribution in [0.5, 0.6) is 0 Å². The lowest BCUT2D eigenvalue weighted by Crippen LogP contribution is -1.91. The number of ketones is 1. The van der Waals surface area contributed by atoms with Gasteiger partial charge in [-0.25, -0.2) is 0 Å². The van der Waals surface area contributed by atoms with Crippen molar-refractivity contribution in [3.8, 4) is 0 Å². The van der Waals surface area contributed by atoms with Gasteiger partial charge in [0.25, 0.3) is 0 Å². The van der Waals surface area contributed by atoms with E-state index in [0.29, 0.717) is 12.2 Å². The molecule has 0 fully saturated rings. The highest BCUT2D eigenvalue weighted by atomic mass is 16.1. The number of rotatable bonds is 4. The molecule has 1 heteroatoms. The van der Waals surface area contributed by atoms with E-state index in [9.17, 15) is 4.79 Å². The Morgan fingerprint density at radius 2 is 2.42 bits per heavy atom. The van der Waals surface area contributed by atoms with E-state index >= 15 is 0 Å². The van der Waals surface area contributed by atoms with Crippen LogP contribution in [0.4, 0.5) is 0 Å². The Hall–Kier alpha value is -0.850. The molecular formula is C11H16O. The summed E-state index contributed by atoms with van der Waals surface area (Å²) in [5.74, 6) is 0.308. The van der Waals surface area contributed by atoms with E-state index in [1.165, 1.54) is 12.8 Å². The van der Waals surface area contributed by atoms with Gasteiger partial charge < -0.3 is 0 Å². The Labute approximate surface area is 74.2 Å². The largest absolute Gasteiger partial charge is 0.294 e. The van der Waals surface area contributed by atoms with Gasteiger partial charge in [0.05, 0.1) is 0 Å². The molecule has 0 aliphatic heterocycles. The summed E-state index contributed by atoms with van der Waals surface area (Å²) in [4.78, 5) is 11.1. The van der Waals surface area contributed by atoms with Crippen LogP contribution in [-0.4, -0.2) is 5.78 Å². The van der Waals surface area contributed by atoms with E-state index in [1.54, 1.807) is 0 Å². The van der Waals surface area contributed by atoms with Crippen LogP contribution in [0.15, 0.2) is 23.8 Å². The number of carbonyl (C=O) groups is 1. The molecule has 1 nitrogen and oxygen atoms in total. The summed E-state index contributed by atoms with van der Waals surface area (Å²) >= 11 is 0. The SMILES string of the molecule is CCCC/C=C/C1=CCCC1=O. The molecule has 12 heavy (non-hydrogen) atoms. The van der Waals surface area contributed by atoms with Crippen LogP contribution in [0.25, 0.3) is 0 Å². The Bertz CT molecular complexity index is 211. The first kappa shape index (κ1) is 9.24. The fourth-order valence-electron chi connectivity index (χ4n) is 1.31. The summed E-state index contributed by atoms with van der Waals surface area (Å²) in [5.41, 5.74) is 0.922. The number of carbonyl (C=O) groups excluding carboxylic acids is 1. The molecule has 0 bridgehead atoms. The van der Waals surface area contributed by atoms with E-state index < -0.39 is 0 Å². The molecule has 0 spiro atoms. The molecule has 1 aliphatic rings.